The van der Waals surface area contributed by atoms with E-state index in [1.165, 1.54) is 0 Å². The SMILES string of the molecule is CC[C@@](C)(CCCNC(=O)[C@H]1CCCN(C(=O)Nc2cccc(C)c2)C1)C1OCCO1. The molecule has 7 nitrogen and oxygen atoms in total. The summed E-state index contributed by atoms with van der Waals surface area (Å²) in [4.78, 5) is 27.1. The molecule has 0 bridgehead atoms. The Morgan fingerprint density at radius 3 is 2.74 bits per heavy atom. The molecular formula is C24H37N3O4. The van der Waals surface area contributed by atoms with Gasteiger partial charge >= 0.3 is 6.03 Å². The van der Waals surface area contributed by atoms with Gasteiger partial charge in [0.2, 0.25) is 5.91 Å². The smallest absolute Gasteiger partial charge is 0.321 e. The first-order chi connectivity index (χ1) is 14.9. The number of ether oxygens (including phenoxy) is 2. The Bertz CT molecular complexity index is 750. The summed E-state index contributed by atoms with van der Waals surface area (Å²) < 4.78 is 11.4. The Kier molecular flexibility index (Phi) is 8.32. The predicted molar refractivity (Wildman–Crippen MR) is 121 cm³/mol. The molecule has 0 radical (unpaired) electrons. The van der Waals surface area contributed by atoms with Crippen molar-refractivity contribution in [2.24, 2.45) is 11.3 Å². The second kappa shape index (κ2) is 11.0. The minimum Gasteiger partial charge on any atom is -0.356 e. The van der Waals surface area contributed by atoms with Gasteiger partial charge in [0, 0.05) is 30.7 Å². The number of piperidine rings is 1. The summed E-state index contributed by atoms with van der Waals surface area (Å²) >= 11 is 0. The van der Waals surface area contributed by atoms with E-state index in [-0.39, 0.29) is 29.6 Å². The minimum atomic E-state index is -0.156. The van der Waals surface area contributed by atoms with Crippen molar-refractivity contribution in [3.05, 3.63) is 29.8 Å². The van der Waals surface area contributed by atoms with Gasteiger partial charge in [0.1, 0.15) is 0 Å². The van der Waals surface area contributed by atoms with E-state index in [0.717, 1.165) is 43.4 Å². The molecule has 2 atom stereocenters. The van der Waals surface area contributed by atoms with Crippen LogP contribution in [-0.4, -0.2) is 56.0 Å². The predicted octanol–water partition coefficient (Wildman–Crippen LogP) is 3.92. The number of carbonyl (C=O) groups is 2. The lowest BCUT2D eigenvalue weighted by Gasteiger charge is -2.33. The minimum absolute atomic E-state index is 0.0310. The zero-order valence-electron chi connectivity index (χ0n) is 19.1. The number of hydrogen-bond donors (Lipinski definition) is 2. The Balaban J connectivity index is 1.42. The third kappa shape index (κ3) is 6.43. The van der Waals surface area contributed by atoms with Crippen LogP contribution >= 0.6 is 0 Å². The lowest BCUT2D eigenvalue weighted by Crippen LogP contribution is -2.47. The number of benzene rings is 1. The number of aryl methyl sites for hydroxylation is 1. The van der Waals surface area contributed by atoms with Crippen LogP contribution < -0.4 is 10.6 Å². The molecule has 31 heavy (non-hydrogen) atoms. The molecule has 172 valence electrons. The highest BCUT2D eigenvalue weighted by molar-refractivity contribution is 5.90. The van der Waals surface area contributed by atoms with Crippen LogP contribution in [0.4, 0.5) is 10.5 Å². The third-order valence-electron chi connectivity index (χ3n) is 6.57. The van der Waals surface area contributed by atoms with Crippen LogP contribution in [0.1, 0.15) is 51.5 Å². The van der Waals surface area contributed by atoms with Gasteiger partial charge in [0.15, 0.2) is 6.29 Å². The Morgan fingerprint density at radius 1 is 1.26 bits per heavy atom. The van der Waals surface area contributed by atoms with Gasteiger partial charge in [-0.3, -0.25) is 4.79 Å². The number of urea groups is 1. The lowest BCUT2D eigenvalue weighted by atomic mass is 9.82. The first-order valence-electron chi connectivity index (χ1n) is 11.5. The number of carbonyl (C=O) groups excluding carboxylic acids is 2. The maximum absolute atomic E-state index is 12.7. The highest BCUT2D eigenvalue weighted by Crippen LogP contribution is 2.35. The molecule has 2 N–H and O–H groups in total. The molecule has 0 unspecified atom stereocenters. The highest BCUT2D eigenvalue weighted by atomic mass is 16.7. The van der Waals surface area contributed by atoms with Crippen molar-refractivity contribution < 1.29 is 19.1 Å². The van der Waals surface area contributed by atoms with Crippen molar-refractivity contribution in [3.63, 3.8) is 0 Å². The number of rotatable bonds is 8. The van der Waals surface area contributed by atoms with E-state index in [4.69, 9.17) is 9.47 Å². The summed E-state index contributed by atoms with van der Waals surface area (Å²) in [6, 6.07) is 7.60. The summed E-state index contributed by atoms with van der Waals surface area (Å²) in [7, 11) is 0. The van der Waals surface area contributed by atoms with Gasteiger partial charge in [0.25, 0.3) is 0 Å². The van der Waals surface area contributed by atoms with Crippen LogP contribution in [0, 0.1) is 18.3 Å². The number of nitrogens with zero attached hydrogens (tertiary/aromatic N) is 1. The van der Waals surface area contributed by atoms with Crippen LogP contribution in [0.25, 0.3) is 0 Å². The first-order valence-corrected chi connectivity index (χ1v) is 11.5. The molecule has 0 spiro atoms. The van der Waals surface area contributed by atoms with Gasteiger partial charge in [0.05, 0.1) is 19.1 Å². The summed E-state index contributed by atoms with van der Waals surface area (Å²) in [6.45, 7) is 9.43. The fourth-order valence-corrected chi connectivity index (χ4v) is 4.37. The van der Waals surface area contributed by atoms with Gasteiger partial charge in [-0.25, -0.2) is 4.79 Å². The second-order valence-corrected chi connectivity index (χ2v) is 9.06. The monoisotopic (exact) mass is 431 g/mol. The number of likely N-dealkylation sites (tertiary alicyclic amines) is 1. The fourth-order valence-electron chi connectivity index (χ4n) is 4.37. The molecule has 0 aliphatic carbocycles. The van der Waals surface area contributed by atoms with Crippen LogP contribution in [0.2, 0.25) is 0 Å². The van der Waals surface area contributed by atoms with Gasteiger partial charge in [-0.15, -0.1) is 0 Å². The van der Waals surface area contributed by atoms with Crippen LogP contribution in [0.5, 0.6) is 0 Å². The summed E-state index contributed by atoms with van der Waals surface area (Å²) in [5.74, 6) is -0.115. The van der Waals surface area contributed by atoms with E-state index in [2.05, 4.69) is 24.5 Å². The molecule has 3 amide bonds. The number of hydrogen-bond acceptors (Lipinski definition) is 4. The molecule has 7 heteroatoms. The molecular weight excluding hydrogens is 394 g/mol. The molecule has 2 fully saturated rings. The topological polar surface area (TPSA) is 79.9 Å². The van der Waals surface area contributed by atoms with E-state index in [0.29, 0.717) is 32.8 Å². The maximum atomic E-state index is 12.7. The molecule has 2 heterocycles. The van der Waals surface area contributed by atoms with E-state index in [1.54, 1.807) is 4.90 Å². The van der Waals surface area contributed by atoms with Crippen molar-refractivity contribution in [1.29, 1.82) is 0 Å². The third-order valence-corrected chi connectivity index (χ3v) is 6.57. The number of amides is 3. The average molecular weight is 432 g/mol. The van der Waals surface area contributed by atoms with Crippen molar-refractivity contribution in [2.45, 2.75) is 59.2 Å². The van der Waals surface area contributed by atoms with Crippen molar-refractivity contribution >= 4 is 17.6 Å². The van der Waals surface area contributed by atoms with E-state index < -0.39 is 0 Å². The standard InChI is InChI=1S/C24H37N3O4/c1-4-24(3,22-30-14-15-31-22)11-7-12-25-21(28)19-9-6-13-27(17-19)23(29)26-20-10-5-8-18(2)16-20/h5,8,10,16,19,22H,4,6-7,9,11-15,17H2,1-3H3,(H,25,28)(H,26,29)/t19-,24-/m0/s1. The van der Waals surface area contributed by atoms with Crippen molar-refractivity contribution in [2.75, 3.05) is 38.2 Å². The van der Waals surface area contributed by atoms with Crippen molar-refractivity contribution in [1.82, 2.24) is 10.2 Å². The first kappa shape index (κ1) is 23.5. The molecule has 2 aliphatic heterocycles. The second-order valence-electron chi connectivity index (χ2n) is 9.06. The number of anilines is 1. The van der Waals surface area contributed by atoms with Gasteiger partial charge < -0.3 is 25.0 Å². The van der Waals surface area contributed by atoms with E-state index >= 15 is 0 Å². The molecule has 2 aliphatic rings. The summed E-state index contributed by atoms with van der Waals surface area (Å²) in [5, 5.41) is 6.02. The van der Waals surface area contributed by atoms with E-state index in [9.17, 15) is 9.59 Å². The molecule has 1 aromatic carbocycles. The quantitative estimate of drug-likeness (QED) is 0.612. The Morgan fingerprint density at radius 2 is 2.03 bits per heavy atom. The van der Waals surface area contributed by atoms with Crippen LogP contribution in [0.15, 0.2) is 24.3 Å². The Hall–Kier alpha value is -2.12. The molecule has 0 saturated carbocycles. The van der Waals surface area contributed by atoms with Gasteiger partial charge in [-0.1, -0.05) is 26.0 Å². The maximum Gasteiger partial charge on any atom is 0.321 e. The number of nitrogens with one attached hydrogen (secondary N) is 2. The zero-order valence-corrected chi connectivity index (χ0v) is 19.1. The molecule has 3 rings (SSSR count). The van der Waals surface area contributed by atoms with Crippen LogP contribution in [-0.2, 0) is 14.3 Å². The Labute approximate surface area is 185 Å². The molecule has 0 aromatic heterocycles. The van der Waals surface area contributed by atoms with Crippen molar-refractivity contribution in [3.8, 4) is 0 Å². The van der Waals surface area contributed by atoms with Crippen LogP contribution in [0.3, 0.4) is 0 Å². The largest absolute Gasteiger partial charge is 0.356 e. The summed E-state index contributed by atoms with van der Waals surface area (Å²) in [6.07, 6.45) is 4.29. The zero-order chi connectivity index (χ0) is 22.3. The highest BCUT2D eigenvalue weighted by Gasteiger charge is 2.36. The van der Waals surface area contributed by atoms with Gasteiger partial charge in [-0.2, -0.15) is 0 Å². The lowest BCUT2D eigenvalue weighted by molar-refractivity contribution is -0.132. The fraction of sp³-hybridized carbons (Fsp3) is 0.667. The van der Waals surface area contributed by atoms with E-state index in [1.807, 2.05) is 31.2 Å². The molecule has 1 aromatic rings. The average Bonchev–Trinajstić information content (AvgIpc) is 3.32. The summed E-state index contributed by atoms with van der Waals surface area (Å²) in [5.41, 5.74) is 1.85. The van der Waals surface area contributed by atoms with Gasteiger partial charge in [-0.05, 0) is 56.7 Å². The normalized spacial score (nSPS) is 21.5. The molecule has 2 saturated heterocycles.